The lowest BCUT2D eigenvalue weighted by Crippen LogP contribution is -2.19. The molecule has 2 nitrogen and oxygen atoms in total. The maximum absolute atomic E-state index is 7.32. The Bertz CT molecular complexity index is 312. The van der Waals surface area contributed by atoms with Gasteiger partial charge in [0, 0.05) is 11.8 Å². The predicted octanol–water partition coefficient (Wildman–Crippen LogP) is 2.04. The summed E-state index contributed by atoms with van der Waals surface area (Å²) in [5, 5.41) is 7.32. The van der Waals surface area contributed by atoms with Gasteiger partial charge >= 0.3 is 0 Å². The molecule has 0 aliphatic heterocycles. The molecule has 0 saturated heterocycles. The van der Waals surface area contributed by atoms with Crippen molar-refractivity contribution in [2.75, 3.05) is 0 Å². The van der Waals surface area contributed by atoms with Gasteiger partial charge in [0.05, 0.1) is 5.84 Å². The minimum absolute atomic E-state index is 0.215. The standard InChI is InChI=1S/C11H14N2/c12-10(13)8-11(6-7-11)9-4-2-1-3-5-9/h1-5H,6-8H2,(H3,12,13). The van der Waals surface area contributed by atoms with Crippen molar-refractivity contribution in [2.24, 2.45) is 5.73 Å². The van der Waals surface area contributed by atoms with Crippen LogP contribution in [0.3, 0.4) is 0 Å². The maximum atomic E-state index is 7.32. The van der Waals surface area contributed by atoms with Crippen molar-refractivity contribution in [1.29, 1.82) is 5.41 Å². The van der Waals surface area contributed by atoms with E-state index in [1.54, 1.807) is 0 Å². The Kier molecular flexibility index (Phi) is 1.83. The van der Waals surface area contributed by atoms with E-state index in [1.807, 2.05) is 6.07 Å². The summed E-state index contributed by atoms with van der Waals surface area (Å²) in [6.07, 6.45) is 3.07. The van der Waals surface area contributed by atoms with E-state index in [4.69, 9.17) is 11.1 Å². The summed E-state index contributed by atoms with van der Waals surface area (Å²) < 4.78 is 0. The molecule has 1 aliphatic rings. The van der Waals surface area contributed by atoms with E-state index in [9.17, 15) is 0 Å². The summed E-state index contributed by atoms with van der Waals surface area (Å²) in [5.74, 6) is 0.307. The molecule has 0 unspecified atom stereocenters. The zero-order valence-corrected chi connectivity index (χ0v) is 7.59. The molecule has 0 amide bonds. The van der Waals surface area contributed by atoms with Crippen molar-refractivity contribution < 1.29 is 0 Å². The number of benzene rings is 1. The molecule has 0 radical (unpaired) electrons. The van der Waals surface area contributed by atoms with Crippen molar-refractivity contribution >= 4 is 5.84 Å². The summed E-state index contributed by atoms with van der Waals surface area (Å²) in [7, 11) is 0. The zero-order valence-electron chi connectivity index (χ0n) is 7.59. The molecule has 0 bridgehead atoms. The van der Waals surface area contributed by atoms with Gasteiger partial charge in [-0.2, -0.15) is 0 Å². The van der Waals surface area contributed by atoms with Crippen LogP contribution in [0.4, 0.5) is 0 Å². The summed E-state index contributed by atoms with van der Waals surface area (Å²) in [6.45, 7) is 0. The Labute approximate surface area is 78.3 Å². The fourth-order valence-corrected chi connectivity index (χ4v) is 1.87. The van der Waals surface area contributed by atoms with Crippen LogP contribution in [-0.4, -0.2) is 5.84 Å². The van der Waals surface area contributed by atoms with Gasteiger partial charge in [0.25, 0.3) is 0 Å². The topological polar surface area (TPSA) is 49.9 Å². The van der Waals surface area contributed by atoms with Crippen molar-refractivity contribution in [1.82, 2.24) is 0 Å². The van der Waals surface area contributed by atoms with E-state index < -0.39 is 0 Å². The van der Waals surface area contributed by atoms with Crippen molar-refractivity contribution in [2.45, 2.75) is 24.7 Å². The quantitative estimate of drug-likeness (QED) is 0.534. The van der Waals surface area contributed by atoms with E-state index in [2.05, 4.69) is 24.3 Å². The van der Waals surface area contributed by atoms with Crippen molar-refractivity contribution in [3.8, 4) is 0 Å². The maximum Gasteiger partial charge on any atom is 0.0914 e. The molecule has 2 rings (SSSR count). The third-order valence-corrected chi connectivity index (χ3v) is 2.77. The van der Waals surface area contributed by atoms with Crippen LogP contribution in [0.1, 0.15) is 24.8 Å². The molecule has 1 fully saturated rings. The summed E-state index contributed by atoms with van der Waals surface area (Å²) in [6, 6.07) is 10.4. The number of nitrogens with two attached hydrogens (primary N) is 1. The molecule has 1 aliphatic carbocycles. The van der Waals surface area contributed by atoms with Gasteiger partial charge in [0.15, 0.2) is 0 Å². The van der Waals surface area contributed by atoms with E-state index in [-0.39, 0.29) is 5.41 Å². The molecular weight excluding hydrogens is 160 g/mol. The highest BCUT2D eigenvalue weighted by atomic mass is 14.7. The first kappa shape index (κ1) is 8.30. The Morgan fingerprint density at radius 1 is 1.31 bits per heavy atom. The van der Waals surface area contributed by atoms with Crippen LogP contribution >= 0.6 is 0 Å². The zero-order chi connectivity index (χ0) is 9.31. The number of amidine groups is 1. The fourth-order valence-electron chi connectivity index (χ4n) is 1.87. The molecular formula is C11H14N2. The molecule has 0 atom stereocenters. The van der Waals surface area contributed by atoms with Crippen LogP contribution < -0.4 is 5.73 Å². The lowest BCUT2D eigenvalue weighted by molar-refractivity contribution is 0.723. The van der Waals surface area contributed by atoms with E-state index >= 15 is 0 Å². The first-order valence-corrected chi connectivity index (χ1v) is 4.61. The molecule has 2 heteroatoms. The average molecular weight is 174 g/mol. The van der Waals surface area contributed by atoms with Gasteiger partial charge in [-0.3, -0.25) is 5.41 Å². The Balaban J connectivity index is 2.21. The smallest absolute Gasteiger partial charge is 0.0914 e. The highest BCUT2D eigenvalue weighted by Gasteiger charge is 2.44. The van der Waals surface area contributed by atoms with Crippen molar-refractivity contribution in [3.05, 3.63) is 35.9 Å². The van der Waals surface area contributed by atoms with Crippen LogP contribution in [0, 0.1) is 5.41 Å². The highest BCUT2D eigenvalue weighted by Crippen LogP contribution is 2.50. The monoisotopic (exact) mass is 174 g/mol. The lowest BCUT2D eigenvalue weighted by atomic mass is 9.92. The van der Waals surface area contributed by atoms with Gasteiger partial charge in [-0.1, -0.05) is 30.3 Å². The molecule has 0 spiro atoms. The van der Waals surface area contributed by atoms with E-state index in [1.165, 1.54) is 18.4 Å². The number of hydrogen-bond acceptors (Lipinski definition) is 1. The normalized spacial score (nSPS) is 18.2. The van der Waals surface area contributed by atoms with Crippen LogP contribution in [0.15, 0.2) is 30.3 Å². The number of nitrogens with one attached hydrogen (secondary N) is 1. The van der Waals surface area contributed by atoms with Gasteiger partial charge < -0.3 is 5.73 Å². The second-order valence-corrected chi connectivity index (χ2v) is 3.85. The Hall–Kier alpha value is -1.31. The highest BCUT2D eigenvalue weighted by molar-refractivity contribution is 5.79. The Morgan fingerprint density at radius 3 is 2.38 bits per heavy atom. The third kappa shape index (κ3) is 1.57. The average Bonchev–Trinajstić information content (AvgIpc) is 2.86. The number of hydrogen-bond donors (Lipinski definition) is 2. The minimum atomic E-state index is 0.215. The van der Waals surface area contributed by atoms with Crippen LogP contribution in [0.2, 0.25) is 0 Å². The summed E-state index contributed by atoms with van der Waals surface area (Å²) in [5.41, 5.74) is 6.99. The second kappa shape index (κ2) is 2.87. The molecule has 1 saturated carbocycles. The van der Waals surface area contributed by atoms with E-state index in [0.29, 0.717) is 5.84 Å². The third-order valence-electron chi connectivity index (χ3n) is 2.77. The minimum Gasteiger partial charge on any atom is -0.388 e. The molecule has 1 aromatic rings. The van der Waals surface area contributed by atoms with Crippen LogP contribution in [0.25, 0.3) is 0 Å². The van der Waals surface area contributed by atoms with Gasteiger partial charge in [0.2, 0.25) is 0 Å². The molecule has 68 valence electrons. The van der Waals surface area contributed by atoms with Crippen LogP contribution in [-0.2, 0) is 5.41 Å². The molecule has 13 heavy (non-hydrogen) atoms. The van der Waals surface area contributed by atoms with Gasteiger partial charge in [0.1, 0.15) is 0 Å². The molecule has 0 aromatic heterocycles. The molecule has 1 aromatic carbocycles. The predicted molar refractivity (Wildman–Crippen MR) is 53.9 cm³/mol. The summed E-state index contributed by atoms with van der Waals surface area (Å²) in [4.78, 5) is 0. The second-order valence-electron chi connectivity index (χ2n) is 3.85. The van der Waals surface area contributed by atoms with E-state index in [0.717, 1.165) is 6.42 Å². The van der Waals surface area contributed by atoms with Crippen molar-refractivity contribution in [3.63, 3.8) is 0 Å². The Morgan fingerprint density at radius 2 is 1.92 bits per heavy atom. The first-order valence-electron chi connectivity index (χ1n) is 4.61. The van der Waals surface area contributed by atoms with Gasteiger partial charge in [-0.05, 0) is 18.4 Å². The lowest BCUT2D eigenvalue weighted by Gasteiger charge is -2.13. The van der Waals surface area contributed by atoms with Gasteiger partial charge in [-0.25, -0.2) is 0 Å². The molecule has 0 heterocycles. The summed E-state index contributed by atoms with van der Waals surface area (Å²) >= 11 is 0. The van der Waals surface area contributed by atoms with Crippen LogP contribution in [0.5, 0.6) is 0 Å². The van der Waals surface area contributed by atoms with Gasteiger partial charge in [-0.15, -0.1) is 0 Å². The largest absolute Gasteiger partial charge is 0.388 e. The fraction of sp³-hybridized carbons (Fsp3) is 0.364. The molecule has 3 N–H and O–H groups in total. The number of rotatable bonds is 3. The first-order chi connectivity index (χ1) is 6.23. The SMILES string of the molecule is N=C(N)CC1(c2ccccc2)CC1.